The predicted octanol–water partition coefficient (Wildman–Crippen LogP) is 4.66. The van der Waals surface area contributed by atoms with Crippen molar-refractivity contribution >= 4 is 33.1 Å². The van der Waals surface area contributed by atoms with E-state index in [9.17, 15) is 0 Å². The molecule has 0 spiro atoms. The minimum atomic E-state index is 0.745. The molecule has 0 aliphatic carbocycles. The summed E-state index contributed by atoms with van der Waals surface area (Å²) in [5.74, 6) is 0.912. The van der Waals surface area contributed by atoms with Gasteiger partial charge in [-0.2, -0.15) is 0 Å². The average Bonchev–Trinajstić information content (AvgIpc) is 2.35. The second-order valence-corrected chi connectivity index (χ2v) is 4.43. The van der Waals surface area contributed by atoms with E-state index in [-0.39, 0.29) is 0 Å². The van der Waals surface area contributed by atoms with Crippen molar-refractivity contribution in [3.63, 3.8) is 0 Å². The Morgan fingerprint density at radius 1 is 0.882 bits per heavy atom. The van der Waals surface area contributed by atoms with Crippen molar-refractivity contribution in [2.75, 3.05) is 7.11 Å². The molecule has 0 aliphatic heterocycles. The molecule has 0 N–H and O–H groups in total. The van der Waals surface area contributed by atoms with Crippen LogP contribution in [0.1, 0.15) is 0 Å². The molecule has 0 bridgehead atoms. The number of hydrogen-bond donors (Lipinski definition) is 0. The quantitative estimate of drug-likeness (QED) is 0.564. The van der Waals surface area contributed by atoms with Gasteiger partial charge in [-0.1, -0.05) is 35.9 Å². The zero-order valence-electron chi connectivity index (χ0n) is 9.41. The summed E-state index contributed by atoms with van der Waals surface area (Å²) < 4.78 is 5.54. The minimum absolute atomic E-state index is 0.745. The molecule has 1 nitrogen and oxygen atoms in total. The lowest BCUT2D eigenvalue weighted by Gasteiger charge is -2.10. The molecule has 0 aliphatic rings. The van der Waals surface area contributed by atoms with Crippen LogP contribution in [0.25, 0.3) is 21.5 Å². The Morgan fingerprint density at radius 3 is 2.47 bits per heavy atom. The Balaban J connectivity index is 2.53. The summed E-state index contributed by atoms with van der Waals surface area (Å²) in [7, 11) is 1.70. The molecule has 0 aromatic heterocycles. The molecule has 17 heavy (non-hydrogen) atoms. The highest BCUT2D eigenvalue weighted by molar-refractivity contribution is 6.31. The highest BCUT2D eigenvalue weighted by atomic mass is 35.5. The molecule has 0 atom stereocenters. The van der Waals surface area contributed by atoms with Crippen LogP contribution in [0.2, 0.25) is 5.02 Å². The normalized spacial score (nSPS) is 10.9. The van der Waals surface area contributed by atoms with Crippen LogP contribution in [0.15, 0.2) is 48.5 Å². The maximum absolute atomic E-state index is 6.02. The lowest BCUT2D eigenvalue weighted by Crippen LogP contribution is -1.87. The van der Waals surface area contributed by atoms with E-state index in [2.05, 4.69) is 18.2 Å². The third kappa shape index (κ3) is 1.63. The van der Waals surface area contributed by atoms with E-state index < -0.39 is 0 Å². The van der Waals surface area contributed by atoms with Gasteiger partial charge in [0.05, 0.1) is 7.11 Å². The Hall–Kier alpha value is -1.73. The molecular weight excluding hydrogens is 232 g/mol. The van der Waals surface area contributed by atoms with E-state index in [1.807, 2.05) is 30.3 Å². The van der Waals surface area contributed by atoms with Crippen LogP contribution < -0.4 is 4.74 Å². The average molecular weight is 243 g/mol. The van der Waals surface area contributed by atoms with Crippen LogP contribution in [-0.2, 0) is 0 Å². The smallest absolute Gasteiger partial charge is 0.134 e. The molecule has 3 aromatic rings. The van der Waals surface area contributed by atoms with Crippen LogP contribution in [0, 0.1) is 0 Å². The summed E-state index contributed by atoms with van der Waals surface area (Å²) in [5, 5.41) is 5.24. The van der Waals surface area contributed by atoms with E-state index in [1.54, 1.807) is 7.11 Å². The number of rotatable bonds is 1. The first-order valence-corrected chi connectivity index (χ1v) is 5.82. The van der Waals surface area contributed by atoms with Crippen LogP contribution in [0.4, 0.5) is 0 Å². The van der Waals surface area contributed by atoms with Crippen LogP contribution in [-0.4, -0.2) is 7.11 Å². The number of ether oxygens (including phenoxy) is 1. The van der Waals surface area contributed by atoms with Crippen molar-refractivity contribution in [3.05, 3.63) is 53.6 Å². The zero-order chi connectivity index (χ0) is 11.8. The predicted molar refractivity (Wildman–Crippen MR) is 73.0 cm³/mol. The summed E-state index contributed by atoms with van der Waals surface area (Å²) in [6.45, 7) is 0. The van der Waals surface area contributed by atoms with Gasteiger partial charge in [0, 0.05) is 15.8 Å². The number of benzene rings is 3. The van der Waals surface area contributed by atoms with Gasteiger partial charge in [0.1, 0.15) is 5.75 Å². The van der Waals surface area contributed by atoms with E-state index in [0.717, 1.165) is 26.9 Å². The monoisotopic (exact) mass is 242 g/mol. The summed E-state index contributed by atoms with van der Waals surface area (Å²) in [6, 6.07) is 16.2. The lowest BCUT2D eigenvalue weighted by atomic mass is 10.0. The van der Waals surface area contributed by atoms with Crippen molar-refractivity contribution in [3.8, 4) is 5.75 Å². The maximum Gasteiger partial charge on any atom is 0.134 e. The van der Waals surface area contributed by atoms with Crippen molar-refractivity contribution in [2.24, 2.45) is 0 Å². The number of methoxy groups -OCH3 is 1. The van der Waals surface area contributed by atoms with Gasteiger partial charge in [-0.15, -0.1) is 0 Å². The SMILES string of the molecule is COc1c2ccccc2cc2cc(Cl)ccc12. The standard InChI is InChI=1S/C15H11ClO/c1-17-15-13-5-3-2-4-10(13)8-11-9-12(16)6-7-14(11)15/h2-9H,1H3. The van der Waals surface area contributed by atoms with Crippen LogP contribution >= 0.6 is 11.6 Å². The van der Waals surface area contributed by atoms with Crippen molar-refractivity contribution < 1.29 is 4.74 Å². The van der Waals surface area contributed by atoms with E-state index in [4.69, 9.17) is 16.3 Å². The molecule has 3 rings (SSSR count). The molecule has 0 saturated carbocycles. The Labute approximate surface area is 105 Å². The molecule has 2 heteroatoms. The fourth-order valence-electron chi connectivity index (χ4n) is 2.22. The molecule has 84 valence electrons. The molecule has 0 heterocycles. The molecule has 0 fully saturated rings. The first-order valence-electron chi connectivity index (χ1n) is 5.44. The summed E-state index contributed by atoms with van der Waals surface area (Å²) in [4.78, 5) is 0. The first-order chi connectivity index (χ1) is 8.29. The largest absolute Gasteiger partial charge is 0.495 e. The first kappa shape index (κ1) is 10.4. The number of fused-ring (bicyclic) bond motifs is 2. The van der Waals surface area contributed by atoms with Gasteiger partial charge in [0.2, 0.25) is 0 Å². The molecule has 0 amide bonds. The van der Waals surface area contributed by atoms with Crippen molar-refractivity contribution in [1.82, 2.24) is 0 Å². The van der Waals surface area contributed by atoms with Gasteiger partial charge in [-0.3, -0.25) is 0 Å². The molecule has 3 aromatic carbocycles. The van der Waals surface area contributed by atoms with Gasteiger partial charge in [-0.05, 0) is 35.0 Å². The third-order valence-corrected chi connectivity index (χ3v) is 3.21. The summed E-state index contributed by atoms with van der Waals surface area (Å²) >= 11 is 6.02. The van der Waals surface area contributed by atoms with Crippen LogP contribution in [0.3, 0.4) is 0 Å². The van der Waals surface area contributed by atoms with Gasteiger partial charge in [-0.25, -0.2) is 0 Å². The van der Waals surface area contributed by atoms with Crippen molar-refractivity contribution in [2.45, 2.75) is 0 Å². The zero-order valence-corrected chi connectivity index (χ0v) is 10.2. The molecular formula is C15H11ClO. The minimum Gasteiger partial charge on any atom is -0.495 e. The van der Waals surface area contributed by atoms with Gasteiger partial charge < -0.3 is 4.74 Å². The second kappa shape index (κ2) is 3.94. The van der Waals surface area contributed by atoms with Gasteiger partial charge in [0.25, 0.3) is 0 Å². The fourth-order valence-corrected chi connectivity index (χ4v) is 2.40. The molecule has 0 radical (unpaired) electrons. The van der Waals surface area contributed by atoms with E-state index in [1.165, 1.54) is 5.39 Å². The second-order valence-electron chi connectivity index (χ2n) is 4.00. The summed E-state index contributed by atoms with van der Waals surface area (Å²) in [5.41, 5.74) is 0. The Bertz CT molecular complexity index is 704. The maximum atomic E-state index is 6.02. The number of hydrogen-bond acceptors (Lipinski definition) is 1. The Morgan fingerprint density at radius 2 is 1.65 bits per heavy atom. The lowest BCUT2D eigenvalue weighted by molar-refractivity contribution is 0.424. The topological polar surface area (TPSA) is 9.23 Å². The summed E-state index contributed by atoms with van der Waals surface area (Å²) in [6.07, 6.45) is 0. The van der Waals surface area contributed by atoms with E-state index >= 15 is 0 Å². The van der Waals surface area contributed by atoms with Gasteiger partial charge in [0.15, 0.2) is 0 Å². The highest BCUT2D eigenvalue weighted by Gasteiger charge is 2.07. The van der Waals surface area contributed by atoms with E-state index in [0.29, 0.717) is 0 Å². The molecule has 0 saturated heterocycles. The van der Waals surface area contributed by atoms with Crippen LogP contribution in [0.5, 0.6) is 5.75 Å². The number of halogens is 1. The molecule has 0 unspecified atom stereocenters. The highest BCUT2D eigenvalue weighted by Crippen LogP contribution is 2.35. The fraction of sp³-hybridized carbons (Fsp3) is 0.0667. The Kier molecular flexibility index (Phi) is 2.41. The third-order valence-electron chi connectivity index (χ3n) is 2.98. The van der Waals surface area contributed by atoms with Crippen molar-refractivity contribution in [1.29, 1.82) is 0 Å². The van der Waals surface area contributed by atoms with Gasteiger partial charge >= 0.3 is 0 Å².